The summed E-state index contributed by atoms with van der Waals surface area (Å²) in [5, 5.41) is 18.2. The van der Waals surface area contributed by atoms with E-state index in [1.54, 1.807) is 0 Å². The zero-order valence-electron chi connectivity index (χ0n) is 27.4. The molecule has 4 heterocycles. The van der Waals surface area contributed by atoms with Gasteiger partial charge in [0.2, 0.25) is 0 Å². The normalized spacial score (nSPS) is 18.2. The van der Waals surface area contributed by atoms with Crippen molar-refractivity contribution in [3.05, 3.63) is 168 Å². The predicted molar refractivity (Wildman–Crippen MR) is 204 cm³/mol. The number of furan rings is 3. The van der Waals surface area contributed by atoms with Gasteiger partial charge >= 0.3 is 0 Å². The molecule has 1 saturated heterocycles. The Labute approximate surface area is 292 Å². The number of fused-ring (bicyclic) bond motifs is 9. The molecule has 6 nitrogen and oxygen atoms in total. The fraction of sp³-hybridized carbons (Fsp3) is 0.0667. The van der Waals surface area contributed by atoms with Gasteiger partial charge < -0.3 is 13.3 Å². The summed E-state index contributed by atoms with van der Waals surface area (Å²) in [6, 6.07) is 52.7. The molecule has 1 aliphatic heterocycles. The molecule has 1 aliphatic rings. The maximum absolute atomic E-state index is 6.94. The standard InChI is InChI=1S/C45H31N3O3/c1-2-10-26(11-3-1)43-46-44(28-21-23-40-36(25-28)31-13-5-7-19-38(31)50-40)48-45(47-43)34-17-9-16-33-32-15-8-14-29(41(32)51-42(33)34)27-20-22-39-35(24-27)30-12-4-6-18-37(30)49-39/h1-25,43-48H. The lowest BCUT2D eigenvalue weighted by Gasteiger charge is -2.39. The highest BCUT2D eigenvalue weighted by Crippen LogP contribution is 2.41. The average Bonchev–Trinajstić information content (AvgIpc) is 3.89. The number of hydrogen-bond acceptors (Lipinski definition) is 6. The van der Waals surface area contributed by atoms with Crippen molar-refractivity contribution in [1.82, 2.24) is 16.0 Å². The lowest BCUT2D eigenvalue weighted by molar-refractivity contribution is 0.203. The van der Waals surface area contributed by atoms with E-state index in [1.807, 2.05) is 24.3 Å². The molecule has 0 bridgehead atoms. The molecule has 0 spiro atoms. The molecule has 1 fully saturated rings. The van der Waals surface area contributed by atoms with Crippen LogP contribution in [0, 0.1) is 0 Å². The minimum atomic E-state index is -0.223. The average molecular weight is 662 g/mol. The third-order valence-electron chi connectivity index (χ3n) is 10.4. The van der Waals surface area contributed by atoms with Crippen LogP contribution in [0.15, 0.2) is 165 Å². The van der Waals surface area contributed by atoms with Crippen LogP contribution >= 0.6 is 0 Å². The van der Waals surface area contributed by atoms with Crippen molar-refractivity contribution in [2.24, 2.45) is 0 Å². The van der Waals surface area contributed by atoms with E-state index in [-0.39, 0.29) is 18.5 Å². The molecule has 6 heteroatoms. The second kappa shape index (κ2) is 11.2. The number of hydrogen-bond donors (Lipinski definition) is 3. The van der Waals surface area contributed by atoms with Gasteiger partial charge in [-0.25, -0.2) is 0 Å². The Morgan fingerprint density at radius 3 is 1.69 bits per heavy atom. The van der Waals surface area contributed by atoms with E-state index >= 15 is 0 Å². The Hall–Kier alpha value is -6.18. The summed E-state index contributed by atoms with van der Waals surface area (Å²) in [5.74, 6) is 0. The summed E-state index contributed by atoms with van der Waals surface area (Å²) in [5.41, 5.74) is 10.8. The van der Waals surface area contributed by atoms with Gasteiger partial charge in [-0.2, -0.15) is 0 Å². The second-order valence-electron chi connectivity index (χ2n) is 13.4. The monoisotopic (exact) mass is 661 g/mol. The van der Waals surface area contributed by atoms with Crippen molar-refractivity contribution in [2.45, 2.75) is 18.5 Å². The van der Waals surface area contributed by atoms with Crippen LogP contribution in [0.3, 0.4) is 0 Å². The lowest BCUT2D eigenvalue weighted by Crippen LogP contribution is -2.54. The van der Waals surface area contributed by atoms with Crippen LogP contribution in [0.5, 0.6) is 0 Å². The van der Waals surface area contributed by atoms with Crippen molar-refractivity contribution in [3.63, 3.8) is 0 Å². The topological polar surface area (TPSA) is 75.5 Å². The molecule has 10 aromatic rings. The van der Waals surface area contributed by atoms with Gasteiger partial charge in [0.25, 0.3) is 0 Å². The zero-order valence-corrected chi connectivity index (χ0v) is 27.4. The maximum atomic E-state index is 6.94. The van der Waals surface area contributed by atoms with Crippen LogP contribution in [0.4, 0.5) is 0 Å². The van der Waals surface area contributed by atoms with Crippen molar-refractivity contribution < 1.29 is 13.3 Å². The molecule has 7 aromatic carbocycles. The first-order valence-electron chi connectivity index (χ1n) is 17.4. The van der Waals surface area contributed by atoms with E-state index in [2.05, 4.69) is 143 Å². The summed E-state index contributed by atoms with van der Waals surface area (Å²) in [6.45, 7) is 0. The van der Waals surface area contributed by atoms with Gasteiger partial charge in [-0.15, -0.1) is 0 Å². The van der Waals surface area contributed by atoms with Crippen LogP contribution in [0.25, 0.3) is 76.9 Å². The quantitative estimate of drug-likeness (QED) is 0.174. The minimum Gasteiger partial charge on any atom is -0.456 e. The molecule has 0 aliphatic carbocycles. The third-order valence-corrected chi connectivity index (χ3v) is 10.4. The molecule has 3 atom stereocenters. The number of rotatable bonds is 4. The number of benzene rings is 7. The van der Waals surface area contributed by atoms with Crippen LogP contribution < -0.4 is 16.0 Å². The van der Waals surface area contributed by atoms with Gasteiger partial charge in [0.1, 0.15) is 33.5 Å². The molecule has 244 valence electrons. The zero-order chi connectivity index (χ0) is 33.5. The van der Waals surface area contributed by atoms with Crippen molar-refractivity contribution >= 4 is 65.8 Å². The molecule has 0 radical (unpaired) electrons. The van der Waals surface area contributed by atoms with Gasteiger partial charge in [-0.3, -0.25) is 16.0 Å². The summed E-state index contributed by atoms with van der Waals surface area (Å²) in [6.07, 6.45) is -0.503. The van der Waals surface area contributed by atoms with E-state index in [0.717, 1.165) is 93.6 Å². The van der Waals surface area contributed by atoms with Gasteiger partial charge in [0, 0.05) is 43.4 Å². The highest BCUT2D eigenvalue weighted by Gasteiger charge is 2.32. The van der Waals surface area contributed by atoms with Crippen LogP contribution in [0.2, 0.25) is 0 Å². The highest BCUT2D eigenvalue weighted by molar-refractivity contribution is 6.12. The Morgan fingerprint density at radius 2 is 0.922 bits per heavy atom. The number of para-hydroxylation sites is 4. The minimum absolute atomic E-state index is 0.119. The Bertz CT molecular complexity index is 2940. The summed E-state index contributed by atoms with van der Waals surface area (Å²) >= 11 is 0. The fourth-order valence-electron chi connectivity index (χ4n) is 7.97. The summed E-state index contributed by atoms with van der Waals surface area (Å²) < 4.78 is 19.2. The first-order chi connectivity index (χ1) is 25.2. The maximum Gasteiger partial charge on any atom is 0.143 e. The van der Waals surface area contributed by atoms with Crippen molar-refractivity contribution in [3.8, 4) is 11.1 Å². The largest absolute Gasteiger partial charge is 0.456 e. The molecule has 0 amide bonds. The molecule has 3 aromatic heterocycles. The van der Waals surface area contributed by atoms with Crippen molar-refractivity contribution in [2.75, 3.05) is 0 Å². The van der Waals surface area contributed by atoms with Crippen LogP contribution in [-0.4, -0.2) is 0 Å². The van der Waals surface area contributed by atoms with Crippen LogP contribution in [0.1, 0.15) is 35.2 Å². The first-order valence-corrected chi connectivity index (χ1v) is 17.4. The molecule has 3 unspecified atom stereocenters. The first kappa shape index (κ1) is 28.6. The second-order valence-corrected chi connectivity index (χ2v) is 13.4. The fourth-order valence-corrected chi connectivity index (χ4v) is 7.97. The predicted octanol–water partition coefficient (Wildman–Crippen LogP) is 11.2. The van der Waals surface area contributed by atoms with Gasteiger partial charge in [-0.05, 0) is 53.1 Å². The van der Waals surface area contributed by atoms with E-state index in [9.17, 15) is 0 Å². The molecule has 11 rings (SSSR count). The Morgan fingerprint density at radius 1 is 0.353 bits per heavy atom. The molecular weight excluding hydrogens is 631 g/mol. The van der Waals surface area contributed by atoms with E-state index in [1.165, 1.54) is 0 Å². The lowest BCUT2D eigenvalue weighted by atomic mass is 9.99. The highest BCUT2D eigenvalue weighted by atomic mass is 16.3. The third kappa shape index (κ3) is 4.55. The van der Waals surface area contributed by atoms with Crippen LogP contribution in [-0.2, 0) is 0 Å². The van der Waals surface area contributed by atoms with Gasteiger partial charge in [0.15, 0.2) is 0 Å². The Balaban J connectivity index is 1.04. The summed E-state index contributed by atoms with van der Waals surface area (Å²) in [4.78, 5) is 0. The molecular formula is C45H31N3O3. The van der Waals surface area contributed by atoms with Crippen molar-refractivity contribution in [1.29, 1.82) is 0 Å². The Kier molecular flexibility index (Phi) is 6.27. The van der Waals surface area contributed by atoms with E-state index in [0.29, 0.717) is 0 Å². The SMILES string of the molecule is c1ccc(C2NC(c3ccc4oc5ccccc5c4c3)NC(c3cccc4c3oc3c(-c5ccc6oc7ccccc7c6c5)cccc34)N2)cc1. The van der Waals surface area contributed by atoms with Gasteiger partial charge in [0.05, 0.1) is 18.5 Å². The molecule has 51 heavy (non-hydrogen) atoms. The van der Waals surface area contributed by atoms with Gasteiger partial charge in [-0.1, -0.05) is 115 Å². The van der Waals surface area contributed by atoms with E-state index in [4.69, 9.17) is 13.3 Å². The molecule has 3 N–H and O–H groups in total. The number of nitrogens with one attached hydrogen (secondary N) is 3. The van der Waals surface area contributed by atoms with E-state index < -0.39 is 0 Å². The smallest absolute Gasteiger partial charge is 0.143 e. The molecule has 0 saturated carbocycles. The summed E-state index contributed by atoms with van der Waals surface area (Å²) in [7, 11) is 0.